The SMILES string of the molecule is O=C(NCc1cccc(-c2ccc([C@H]3O[C@@H](CN4CCN(c5ncccn5)CC4)C[C@@H](c4ccc(CO)cc4)O3)cc2)c1)c1cccnc1. The molecule has 4 heterocycles. The van der Waals surface area contributed by atoms with Crippen LogP contribution in [0.2, 0.25) is 0 Å². The fourth-order valence-corrected chi connectivity index (χ4v) is 6.38. The Balaban J connectivity index is 1.03. The van der Waals surface area contributed by atoms with Gasteiger partial charge in [0.25, 0.3) is 5.91 Å². The number of nitrogens with one attached hydrogen (secondary N) is 1. The van der Waals surface area contributed by atoms with Gasteiger partial charge in [0.1, 0.15) is 0 Å². The molecule has 3 atom stereocenters. The first-order chi connectivity index (χ1) is 24.1. The van der Waals surface area contributed by atoms with Gasteiger partial charge in [-0.2, -0.15) is 0 Å². The highest BCUT2D eigenvalue weighted by Gasteiger charge is 2.34. The van der Waals surface area contributed by atoms with E-state index in [0.29, 0.717) is 12.1 Å². The fourth-order valence-electron chi connectivity index (χ4n) is 6.38. The second kappa shape index (κ2) is 15.5. The van der Waals surface area contributed by atoms with Crippen LogP contribution in [0.3, 0.4) is 0 Å². The minimum Gasteiger partial charge on any atom is -0.392 e. The topological polar surface area (TPSA) is 113 Å². The predicted molar refractivity (Wildman–Crippen MR) is 186 cm³/mol. The number of carbonyl (C=O) groups excluding carboxylic acids is 1. The number of pyridine rings is 1. The summed E-state index contributed by atoms with van der Waals surface area (Å²) < 4.78 is 13.3. The number of ether oxygens (including phenoxy) is 2. The van der Waals surface area contributed by atoms with Crippen molar-refractivity contribution in [1.29, 1.82) is 0 Å². The summed E-state index contributed by atoms with van der Waals surface area (Å²) in [6.07, 6.45) is 6.82. The van der Waals surface area contributed by atoms with Crippen molar-refractivity contribution in [1.82, 2.24) is 25.2 Å². The van der Waals surface area contributed by atoms with Gasteiger partial charge in [-0.15, -0.1) is 0 Å². The van der Waals surface area contributed by atoms with Crippen molar-refractivity contribution in [2.75, 3.05) is 37.6 Å². The third-order valence-corrected chi connectivity index (χ3v) is 9.10. The molecule has 0 saturated carbocycles. The molecule has 2 fully saturated rings. The van der Waals surface area contributed by atoms with E-state index in [0.717, 1.165) is 78.5 Å². The van der Waals surface area contributed by atoms with Crippen LogP contribution in [0.1, 0.15) is 51.4 Å². The largest absolute Gasteiger partial charge is 0.392 e. The summed E-state index contributed by atoms with van der Waals surface area (Å²) in [6, 6.07) is 29.9. The molecule has 2 aliphatic rings. The van der Waals surface area contributed by atoms with Crippen molar-refractivity contribution in [3.8, 4) is 11.1 Å². The van der Waals surface area contributed by atoms with E-state index in [1.807, 2.05) is 42.5 Å². The van der Waals surface area contributed by atoms with Crippen LogP contribution >= 0.6 is 0 Å². The van der Waals surface area contributed by atoms with Gasteiger partial charge in [0.05, 0.1) is 24.4 Å². The number of hydrogen-bond acceptors (Lipinski definition) is 9. The Hall–Kier alpha value is -5.00. The van der Waals surface area contributed by atoms with E-state index in [2.05, 4.69) is 66.5 Å². The van der Waals surface area contributed by atoms with Crippen LogP contribution in [0.25, 0.3) is 11.1 Å². The van der Waals surface area contributed by atoms with E-state index in [4.69, 9.17) is 9.47 Å². The molecule has 0 bridgehead atoms. The van der Waals surface area contributed by atoms with E-state index in [1.54, 1.807) is 36.9 Å². The average Bonchev–Trinajstić information content (AvgIpc) is 3.18. The summed E-state index contributed by atoms with van der Waals surface area (Å²) in [4.78, 5) is 30.1. The Labute approximate surface area is 286 Å². The number of benzene rings is 3. The lowest BCUT2D eigenvalue weighted by molar-refractivity contribution is -0.253. The minimum atomic E-state index is -0.525. The molecule has 5 aromatic rings. The Kier molecular flexibility index (Phi) is 10.3. The number of piperazine rings is 1. The van der Waals surface area contributed by atoms with E-state index in [9.17, 15) is 9.90 Å². The number of aliphatic hydroxyl groups is 1. The minimum absolute atomic E-state index is 0.00938. The molecule has 10 heteroatoms. The van der Waals surface area contributed by atoms with Crippen molar-refractivity contribution in [3.63, 3.8) is 0 Å². The molecule has 0 radical (unpaired) electrons. The smallest absolute Gasteiger partial charge is 0.253 e. The third-order valence-electron chi connectivity index (χ3n) is 9.10. The number of amides is 1. The monoisotopic (exact) mass is 656 g/mol. The van der Waals surface area contributed by atoms with Gasteiger partial charge in [-0.05, 0) is 52.1 Å². The van der Waals surface area contributed by atoms with Crippen LogP contribution in [0, 0.1) is 0 Å². The highest BCUT2D eigenvalue weighted by atomic mass is 16.7. The van der Waals surface area contributed by atoms with E-state index in [1.165, 1.54) is 0 Å². The van der Waals surface area contributed by atoms with Crippen molar-refractivity contribution in [3.05, 3.63) is 144 Å². The number of carbonyl (C=O) groups is 1. The number of rotatable bonds is 10. The van der Waals surface area contributed by atoms with Gasteiger partial charge in [-0.1, -0.05) is 66.7 Å². The van der Waals surface area contributed by atoms with E-state index in [-0.39, 0.29) is 24.7 Å². The van der Waals surface area contributed by atoms with Crippen LogP contribution in [-0.4, -0.2) is 69.7 Å². The van der Waals surface area contributed by atoms with Gasteiger partial charge in [-0.25, -0.2) is 9.97 Å². The molecule has 3 aromatic carbocycles. The highest BCUT2D eigenvalue weighted by Crippen LogP contribution is 2.39. The Bertz CT molecular complexity index is 1800. The lowest BCUT2D eigenvalue weighted by Gasteiger charge is -2.40. The first-order valence-corrected chi connectivity index (χ1v) is 16.7. The first-order valence-electron chi connectivity index (χ1n) is 16.7. The van der Waals surface area contributed by atoms with Gasteiger partial charge in [0, 0.05) is 76.0 Å². The molecular weight excluding hydrogens is 616 g/mol. The molecular formula is C39H40N6O4. The fraction of sp³-hybridized carbons (Fsp3) is 0.282. The van der Waals surface area contributed by atoms with E-state index >= 15 is 0 Å². The number of nitrogens with zero attached hydrogens (tertiary/aromatic N) is 5. The van der Waals surface area contributed by atoms with Crippen LogP contribution < -0.4 is 10.2 Å². The molecule has 2 aliphatic heterocycles. The van der Waals surface area contributed by atoms with Crippen LogP contribution in [0.4, 0.5) is 5.95 Å². The number of aromatic nitrogens is 3. The normalized spacial score (nSPS) is 19.8. The zero-order chi connectivity index (χ0) is 33.4. The molecule has 0 aliphatic carbocycles. The van der Waals surface area contributed by atoms with Crippen LogP contribution in [0.5, 0.6) is 0 Å². The number of anilines is 1. The van der Waals surface area contributed by atoms with Crippen molar-refractivity contribution in [2.45, 2.75) is 38.1 Å². The summed E-state index contributed by atoms with van der Waals surface area (Å²) in [5, 5.41) is 12.5. The van der Waals surface area contributed by atoms with Gasteiger partial charge in [0.2, 0.25) is 5.95 Å². The van der Waals surface area contributed by atoms with Gasteiger partial charge < -0.3 is 24.8 Å². The van der Waals surface area contributed by atoms with Gasteiger partial charge in [-0.3, -0.25) is 14.7 Å². The maximum Gasteiger partial charge on any atom is 0.253 e. The third kappa shape index (κ3) is 8.18. The molecule has 7 rings (SSSR count). The van der Waals surface area contributed by atoms with E-state index < -0.39 is 6.29 Å². The molecule has 0 spiro atoms. The van der Waals surface area contributed by atoms with Crippen molar-refractivity contribution in [2.24, 2.45) is 0 Å². The Morgan fingerprint density at radius 1 is 0.796 bits per heavy atom. The summed E-state index contributed by atoms with van der Waals surface area (Å²) in [5.74, 6) is 0.624. The first kappa shape index (κ1) is 32.5. The lowest BCUT2D eigenvalue weighted by Crippen LogP contribution is -2.50. The zero-order valence-corrected chi connectivity index (χ0v) is 27.3. The molecule has 49 heavy (non-hydrogen) atoms. The van der Waals surface area contributed by atoms with Crippen molar-refractivity contribution < 1.29 is 19.4 Å². The average molecular weight is 657 g/mol. The second-order valence-electron chi connectivity index (χ2n) is 12.4. The number of aliphatic hydroxyl groups excluding tert-OH is 1. The Morgan fingerprint density at radius 3 is 2.31 bits per heavy atom. The summed E-state index contributed by atoms with van der Waals surface area (Å²) in [5.41, 5.74) is 6.57. The highest BCUT2D eigenvalue weighted by molar-refractivity contribution is 5.93. The van der Waals surface area contributed by atoms with Gasteiger partial charge >= 0.3 is 0 Å². The molecule has 10 nitrogen and oxygen atoms in total. The molecule has 2 N–H and O–H groups in total. The number of hydrogen-bond donors (Lipinski definition) is 2. The quantitative estimate of drug-likeness (QED) is 0.206. The second-order valence-corrected chi connectivity index (χ2v) is 12.4. The predicted octanol–water partition coefficient (Wildman–Crippen LogP) is 5.33. The molecule has 1 amide bonds. The van der Waals surface area contributed by atoms with Gasteiger partial charge in [0.15, 0.2) is 6.29 Å². The summed E-state index contributed by atoms with van der Waals surface area (Å²) in [6.45, 7) is 4.76. The maximum atomic E-state index is 12.5. The Morgan fingerprint density at radius 2 is 1.57 bits per heavy atom. The molecule has 0 unspecified atom stereocenters. The van der Waals surface area contributed by atoms with Crippen molar-refractivity contribution >= 4 is 11.9 Å². The molecule has 250 valence electrons. The maximum absolute atomic E-state index is 12.5. The molecule has 2 saturated heterocycles. The van der Waals surface area contributed by atoms with Crippen LogP contribution in [0.15, 0.2) is 116 Å². The lowest BCUT2D eigenvalue weighted by atomic mass is 9.98. The summed E-state index contributed by atoms with van der Waals surface area (Å²) >= 11 is 0. The molecule has 2 aromatic heterocycles. The standard InChI is InChI=1S/C39H40N6O4/c46-27-28-7-9-31(10-8-28)36-23-35(26-44-18-20-45(21-19-44)39-41-16-3-17-42-39)48-38(49-36)32-13-11-30(12-14-32)33-5-1-4-29(22-33)24-43-37(47)34-6-2-15-40-25-34/h1-17,22,25,35-36,38,46H,18-21,23-24,26-27H2,(H,43,47)/t35-,36+,38+/m1/s1. The van der Waals surface area contributed by atoms with Crippen LogP contribution in [-0.2, 0) is 22.6 Å². The zero-order valence-electron chi connectivity index (χ0n) is 27.3. The summed E-state index contributed by atoms with van der Waals surface area (Å²) in [7, 11) is 0.